The molecule has 0 spiro atoms. The molecule has 1 fully saturated rings. The third kappa shape index (κ3) is 3.82. The van der Waals surface area contributed by atoms with E-state index in [0.29, 0.717) is 13.1 Å². The van der Waals surface area contributed by atoms with Gasteiger partial charge in [-0.2, -0.15) is 0 Å². The van der Waals surface area contributed by atoms with E-state index in [2.05, 4.69) is 35.6 Å². The normalized spacial score (nSPS) is 21.4. The van der Waals surface area contributed by atoms with Crippen LogP contribution in [0.5, 0.6) is 0 Å². The van der Waals surface area contributed by atoms with Crippen LogP contribution in [0.3, 0.4) is 0 Å². The Bertz CT molecular complexity index is 686. The highest BCUT2D eigenvalue weighted by Gasteiger charge is 2.26. The smallest absolute Gasteiger partial charge is 0.317 e. The monoisotopic (exact) mass is 312 g/mol. The molecule has 2 aromatic rings. The molecule has 2 N–H and O–H groups in total. The van der Waals surface area contributed by atoms with Crippen molar-refractivity contribution in [3.8, 4) is 0 Å². The zero-order valence-corrected chi connectivity index (χ0v) is 13.5. The number of hydrogen-bond acceptors (Lipinski definition) is 2. The van der Waals surface area contributed by atoms with E-state index >= 15 is 0 Å². The number of rotatable bonds is 3. The second kappa shape index (κ2) is 7.01. The molecule has 2 unspecified atom stereocenters. The van der Waals surface area contributed by atoms with Crippen molar-refractivity contribution in [3.05, 3.63) is 48.0 Å². The standard InChI is InChI=1S/C19H24N2O2/c1-14-9-11-21(13-18(14)22)19(23)20-10-8-15-6-7-16-4-2-3-5-17(16)12-15/h2-7,12,14,18,22H,8-11,13H2,1H3,(H,20,23). The van der Waals surface area contributed by atoms with E-state index in [4.69, 9.17) is 0 Å². The summed E-state index contributed by atoms with van der Waals surface area (Å²) in [6.45, 7) is 3.79. The van der Waals surface area contributed by atoms with Gasteiger partial charge >= 0.3 is 6.03 Å². The first-order chi connectivity index (χ1) is 11.1. The van der Waals surface area contributed by atoms with Gasteiger partial charge in [-0.1, -0.05) is 49.4 Å². The number of aliphatic hydroxyl groups is 1. The Morgan fingerprint density at radius 2 is 2.04 bits per heavy atom. The van der Waals surface area contributed by atoms with Gasteiger partial charge in [0.2, 0.25) is 0 Å². The van der Waals surface area contributed by atoms with Gasteiger partial charge in [0.15, 0.2) is 0 Å². The number of nitrogens with zero attached hydrogens (tertiary/aromatic N) is 1. The fourth-order valence-electron chi connectivity index (χ4n) is 3.05. The van der Waals surface area contributed by atoms with Crippen LogP contribution in [0.4, 0.5) is 4.79 Å². The van der Waals surface area contributed by atoms with Gasteiger partial charge in [0.05, 0.1) is 6.10 Å². The van der Waals surface area contributed by atoms with Crippen molar-refractivity contribution in [3.63, 3.8) is 0 Å². The molecule has 1 aliphatic heterocycles. The fourth-order valence-corrected chi connectivity index (χ4v) is 3.05. The van der Waals surface area contributed by atoms with E-state index in [1.807, 2.05) is 19.1 Å². The molecule has 1 heterocycles. The highest BCUT2D eigenvalue weighted by molar-refractivity contribution is 5.83. The molecule has 0 radical (unpaired) electrons. The molecule has 0 aliphatic carbocycles. The lowest BCUT2D eigenvalue weighted by molar-refractivity contribution is 0.0436. The number of urea groups is 1. The summed E-state index contributed by atoms with van der Waals surface area (Å²) in [5, 5.41) is 15.3. The SMILES string of the molecule is CC1CCN(C(=O)NCCc2ccc3ccccc3c2)CC1O. The third-order valence-corrected chi connectivity index (χ3v) is 4.71. The minimum Gasteiger partial charge on any atom is -0.391 e. The van der Waals surface area contributed by atoms with Crippen molar-refractivity contribution in [2.24, 2.45) is 5.92 Å². The topological polar surface area (TPSA) is 52.6 Å². The van der Waals surface area contributed by atoms with E-state index in [0.717, 1.165) is 19.4 Å². The molecule has 1 aliphatic rings. The summed E-state index contributed by atoms with van der Waals surface area (Å²) in [6.07, 6.45) is 1.26. The van der Waals surface area contributed by atoms with E-state index in [1.165, 1.54) is 16.3 Å². The van der Waals surface area contributed by atoms with Gasteiger partial charge in [0.25, 0.3) is 0 Å². The van der Waals surface area contributed by atoms with E-state index in [1.54, 1.807) is 4.90 Å². The van der Waals surface area contributed by atoms with E-state index in [-0.39, 0.29) is 11.9 Å². The maximum Gasteiger partial charge on any atom is 0.317 e. The summed E-state index contributed by atoms with van der Waals surface area (Å²) in [6, 6.07) is 14.6. The lowest BCUT2D eigenvalue weighted by Crippen LogP contribution is -2.49. The van der Waals surface area contributed by atoms with Gasteiger partial charge in [-0.3, -0.25) is 0 Å². The van der Waals surface area contributed by atoms with Crippen molar-refractivity contribution in [1.82, 2.24) is 10.2 Å². The van der Waals surface area contributed by atoms with Crippen molar-refractivity contribution in [2.75, 3.05) is 19.6 Å². The Morgan fingerprint density at radius 1 is 1.26 bits per heavy atom. The van der Waals surface area contributed by atoms with Crippen molar-refractivity contribution in [2.45, 2.75) is 25.9 Å². The second-order valence-electron chi connectivity index (χ2n) is 6.44. The summed E-state index contributed by atoms with van der Waals surface area (Å²) in [7, 11) is 0. The van der Waals surface area contributed by atoms with Gasteiger partial charge in [-0.05, 0) is 35.1 Å². The van der Waals surface area contributed by atoms with Crippen molar-refractivity contribution < 1.29 is 9.90 Å². The first kappa shape index (κ1) is 15.8. The van der Waals surface area contributed by atoms with Gasteiger partial charge in [-0.25, -0.2) is 4.79 Å². The van der Waals surface area contributed by atoms with Crippen molar-refractivity contribution in [1.29, 1.82) is 0 Å². The zero-order valence-electron chi connectivity index (χ0n) is 13.5. The van der Waals surface area contributed by atoms with E-state index in [9.17, 15) is 9.90 Å². The summed E-state index contributed by atoms with van der Waals surface area (Å²) in [5.41, 5.74) is 1.22. The summed E-state index contributed by atoms with van der Waals surface area (Å²) >= 11 is 0. The second-order valence-corrected chi connectivity index (χ2v) is 6.44. The van der Waals surface area contributed by atoms with E-state index < -0.39 is 6.10 Å². The molecule has 2 atom stereocenters. The number of piperidine rings is 1. The predicted molar refractivity (Wildman–Crippen MR) is 92.4 cm³/mol. The van der Waals surface area contributed by atoms with Gasteiger partial charge in [-0.15, -0.1) is 0 Å². The van der Waals surface area contributed by atoms with Crippen LogP contribution in [0, 0.1) is 5.92 Å². The highest BCUT2D eigenvalue weighted by Crippen LogP contribution is 2.17. The largest absolute Gasteiger partial charge is 0.391 e. The van der Waals surface area contributed by atoms with Gasteiger partial charge < -0.3 is 15.3 Å². The van der Waals surface area contributed by atoms with Crippen LogP contribution >= 0.6 is 0 Å². The molecule has 0 aromatic heterocycles. The summed E-state index contributed by atoms with van der Waals surface area (Å²) in [5.74, 6) is 0.275. The molecular formula is C19H24N2O2. The van der Waals surface area contributed by atoms with Crippen LogP contribution in [0.15, 0.2) is 42.5 Å². The Hall–Kier alpha value is -2.07. The Balaban J connectivity index is 1.51. The van der Waals surface area contributed by atoms with Crippen LogP contribution in [-0.2, 0) is 6.42 Å². The summed E-state index contributed by atoms with van der Waals surface area (Å²) < 4.78 is 0. The molecule has 3 rings (SSSR count). The van der Waals surface area contributed by atoms with Crippen molar-refractivity contribution >= 4 is 16.8 Å². The summed E-state index contributed by atoms with van der Waals surface area (Å²) in [4.78, 5) is 13.9. The number of carbonyl (C=O) groups is 1. The Kier molecular flexibility index (Phi) is 4.82. The number of β-amino-alcohol motifs (C(OH)–C–C–N with tert-alkyl or cyclic N) is 1. The first-order valence-electron chi connectivity index (χ1n) is 8.32. The molecule has 4 heteroatoms. The number of hydrogen-bond donors (Lipinski definition) is 2. The van der Waals surface area contributed by atoms with Gasteiger partial charge in [0.1, 0.15) is 0 Å². The third-order valence-electron chi connectivity index (χ3n) is 4.71. The lowest BCUT2D eigenvalue weighted by Gasteiger charge is -2.34. The Labute approximate surface area is 137 Å². The van der Waals surface area contributed by atoms with Crippen LogP contribution in [0.2, 0.25) is 0 Å². The molecule has 23 heavy (non-hydrogen) atoms. The fraction of sp³-hybridized carbons (Fsp3) is 0.421. The average Bonchev–Trinajstić information content (AvgIpc) is 2.57. The minimum atomic E-state index is -0.407. The number of carbonyl (C=O) groups excluding carboxylic acids is 1. The average molecular weight is 312 g/mol. The number of nitrogens with one attached hydrogen (secondary N) is 1. The van der Waals surface area contributed by atoms with Crippen LogP contribution in [-0.4, -0.2) is 41.8 Å². The molecule has 2 aromatic carbocycles. The number of aliphatic hydroxyl groups excluding tert-OH is 1. The Morgan fingerprint density at radius 3 is 2.83 bits per heavy atom. The van der Waals surface area contributed by atoms with Crippen LogP contribution in [0.25, 0.3) is 10.8 Å². The maximum absolute atomic E-state index is 12.2. The van der Waals surface area contributed by atoms with Gasteiger partial charge in [0, 0.05) is 19.6 Å². The quantitative estimate of drug-likeness (QED) is 0.915. The molecule has 2 amide bonds. The molecule has 4 nitrogen and oxygen atoms in total. The highest BCUT2D eigenvalue weighted by atomic mass is 16.3. The molecular weight excluding hydrogens is 288 g/mol. The van der Waals surface area contributed by atoms with Crippen LogP contribution in [0.1, 0.15) is 18.9 Å². The first-order valence-corrected chi connectivity index (χ1v) is 8.32. The molecule has 122 valence electrons. The number of fused-ring (bicyclic) bond motifs is 1. The molecule has 0 saturated carbocycles. The molecule has 1 saturated heterocycles. The van der Waals surface area contributed by atoms with Crippen LogP contribution < -0.4 is 5.32 Å². The maximum atomic E-state index is 12.2. The molecule has 0 bridgehead atoms. The number of amides is 2. The number of benzene rings is 2. The lowest BCUT2D eigenvalue weighted by atomic mass is 9.96. The zero-order chi connectivity index (χ0) is 16.2. The minimum absolute atomic E-state index is 0.0725. The number of likely N-dealkylation sites (tertiary alicyclic amines) is 1. The predicted octanol–water partition coefficient (Wildman–Crippen LogP) is 2.79.